The number of likely N-dealkylation sites (tertiary alicyclic amines) is 1. The zero-order chi connectivity index (χ0) is 27.0. The third-order valence-corrected chi connectivity index (χ3v) is 6.67. The highest BCUT2D eigenvalue weighted by Crippen LogP contribution is 2.35. The van der Waals surface area contributed by atoms with Crippen LogP contribution in [-0.4, -0.2) is 37.6 Å². The van der Waals surface area contributed by atoms with Crippen LogP contribution in [0.5, 0.6) is 0 Å². The van der Waals surface area contributed by atoms with E-state index in [1.54, 1.807) is 0 Å². The van der Waals surface area contributed by atoms with Crippen LogP contribution < -0.4 is 0 Å². The van der Waals surface area contributed by atoms with Gasteiger partial charge in [0.25, 0.3) is 0 Å². The number of hydrogen-bond acceptors (Lipinski definition) is 3. The Hall–Kier alpha value is -2.23. The van der Waals surface area contributed by atoms with E-state index in [1.165, 1.54) is 48.2 Å². The zero-order valence-electron chi connectivity index (χ0n) is 22.9. The number of allylic oxidation sites excluding steroid dienone is 1. The van der Waals surface area contributed by atoms with Crippen LogP contribution >= 0.6 is 11.6 Å². The largest absolute Gasteiger partial charge is 0.307 e. The van der Waals surface area contributed by atoms with E-state index < -0.39 is 0 Å². The molecule has 0 radical (unpaired) electrons. The maximum absolute atomic E-state index is 8.00. The summed E-state index contributed by atoms with van der Waals surface area (Å²) in [5.74, 6) is 0.698. The Balaban J connectivity index is 0.00000179. The molecule has 194 valence electrons. The summed E-state index contributed by atoms with van der Waals surface area (Å²) in [6.45, 7) is 21.7. The minimum absolute atomic E-state index is 0.106. The van der Waals surface area contributed by atoms with Crippen molar-refractivity contribution in [1.82, 2.24) is 4.90 Å². The van der Waals surface area contributed by atoms with Crippen molar-refractivity contribution in [2.75, 3.05) is 13.1 Å². The molecular weight excluding hydrogens is 454 g/mol. The molecule has 0 aliphatic carbocycles. The van der Waals surface area contributed by atoms with E-state index in [1.807, 2.05) is 39.6 Å². The molecule has 0 saturated carbocycles. The van der Waals surface area contributed by atoms with Crippen molar-refractivity contribution in [3.05, 3.63) is 81.9 Å². The lowest BCUT2D eigenvalue weighted by Gasteiger charge is -2.40. The number of rotatable bonds is 6. The molecular formula is C31H46ClNO2. The van der Waals surface area contributed by atoms with Gasteiger partial charge in [-0.1, -0.05) is 92.9 Å². The third kappa shape index (κ3) is 10.9. The summed E-state index contributed by atoms with van der Waals surface area (Å²) in [4.78, 5) is 18.7. The summed E-state index contributed by atoms with van der Waals surface area (Å²) in [7, 11) is 0. The molecule has 0 N–H and O–H groups in total. The quantitative estimate of drug-likeness (QED) is 0.376. The van der Waals surface area contributed by atoms with Crippen molar-refractivity contribution < 1.29 is 9.59 Å². The second-order valence-electron chi connectivity index (χ2n) is 9.63. The summed E-state index contributed by atoms with van der Waals surface area (Å²) in [5, 5.41) is 0.809. The molecule has 3 nitrogen and oxygen atoms in total. The van der Waals surface area contributed by atoms with Crippen molar-refractivity contribution in [2.24, 2.45) is 0 Å². The number of carbonyl (C=O) groups excluding carboxylic acids is 2. The van der Waals surface area contributed by atoms with Crippen LogP contribution in [0, 0.1) is 6.92 Å². The van der Waals surface area contributed by atoms with Gasteiger partial charge < -0.3 is 9.59 Å². The lowest BCUT2D eigenvalue weighted by molar-refractivity contribution is -0.0987. The molecule has 0 bridgehead atoms. The fourth-order valence-electron chi connectivity index (χ4n) is 4.62. The molecule has 1 fully saturated rings. The standard InChI is InChI=1S/C27H36ClN.C2H6.2CH2O/c1-20(2)18-26(19-27(4,5)24-10-12-25(28)13-11-24)29-16-14-23(15-17-29)22-8-6-21(3)7-9-22;3*1-2/h6-13,18,23,26H,14-17,19H2,1-5H3;1-2H3;2*1H2. The topological polar surface area (TPSA) is 37.4 Å². The summed E-state index contributed by atoms with van der Waals surface area (Å²) in [6, 6.07) is 18.0. The van der Waals surface area contributed by atoms with Crippen LogP contribution in [0.15, 0.2) is 60.2 Å². The Labute approximate surface area is 219 Å². The van der Waals surface area contributed by atoms with Crippen LogP contribution in [0.1, 0.15) is 83.4 Å². The molecule has 1 aliphatic heterocycles. The maximum Gasteiger partial charge on any atom is 0.106 e. The van der Waals surface area contributed by atoms with Gasteiger partial charge in [-0.05, 0) is 87.7 Å². The van der Waals surface area contributed by atoms with Crippen molar-refractivity contribution in [2.45, 2.75) is 85.1 Å². The molecule has 0 amide bonds. The lowest BCUT2D eigenvalue weighted by atomic mass is 9.78. The van der Waals surface area contributed by atoms with Gasteiger partial charge in [0.15, 0.2) is 0 Å². The number of benzene rings is 2. The minimum Gasteiger partial charge on any atom is -0.307 e. The molecule has 0 spiro atoms. The molecule has 35 heavy (non-hydrogen) atoms. The van der Waals surface area contributed by atoms with E-state index in [0.717, 1.165) is 11.4 Å². The number of nitrogens with zero attached hydrogens (tertiary/aromatic N) is 1. The zero-order valence-corrected chi connectivity index (χ0v) is 23.7. The van der Waals surface area contributed by atoms with Gasteiger partial charge in [0.2, 0.25) is 0 Å². The fraction of sp³-hybridized carbons (Fsp3) is 0.484. The molecule has 4 heteroatoms. The van der Waals surface area contributed by atoms with Crippen molar-refractivity contribution in [3.8, 4) is 0 Å². The Morgan fingerprint density at radius 1 is 0.971 bits per heavy atom. The molecule has 1 aliphatic rings. The predicted octanol–water partition coefficient (Wildman–Crippen LogP) is 8.19. The molecule has 1 atom stereocenters. The Morgan fingerprint density at radius 3 is 1.91 bits per heavy atom. The van der Waals surface area contributed by atoms with Crippen molar-refractivity contribution in [1.29, 1.82) is 0 Å². The smallest absolute Gasteiger partial charge is 0.106 e. The molecule has 1 heterocycles. The summed E-state index contributed by atoms with van der Waals surface area (Å²) in [5.41, 5.74) is 5.73. The van der Waals surface area contributed by atoms with Gasteiger partial charge in [0.1, 0.15) is 13.6 Å². The second-order valence-corrected chi connectivity index (χ2v) is 10.1. The normalized spacial score (nSPS) is 14.6. The van der Waals surface area contributed by atoms with Crippen LogP contribution in [-0.2, 0) is 15.0 Å². The SMILES string of the molecule is C=O.C=O.CC.CC(C)=CC(CC(C)(C)c1ccc(Cl)cc1)N1CCC(c2ccc(C)cc2)CC1. The fourth-order valence-corrected chi connectivity index (χ4v) is 4.75. The average Bonchev–Trinajstić information content (AvgIpc) is 2.88. The van der Waals surface area contributed by atoms with Crippen molar-refractivity contribution >= 4 is 25.2 Å². The van der Waals surface area contributed by atoms with E-state index in [-0.39, 0.29) is 5.41 Å². The van der Waals surface area contributed by atoms with Gasteiger partial charge in [-0.2, -0.15) is 0 Å². The third-order valence-electron chi connectivity index (χ3n) is 6.42. The molecule has 2 aromatic rings. The van der Waals surface area contributed by atoms with E-state index in [9.17, 15) is 0 Å². The Kier molecular flexibility index (Phi) is 16.1. The van der Waals surface area contributed by atoms with E-state index in [4.69, 9.17) is 21.2 Å². The molecule has 1 unspecified atom stereocenters. The summed E-state index contributed by atoms with van der Waals surface area (Å²) in [6.07, 6.45) is 6.09. The maximum atomic E-state index is 8.00. The lowest BCUT2D eigenvalue weighted by Crippen LogP contribution is -2.43. The van der Waals surface area contributed by atoms with E-state index >= 15 is 0 Å². The molecule has 2 aromatic carbocycles. The molecule has 3 rings (SSSR count). The number of aryl methyl sites for hydroxylation is 1. The Bertz CT molecular complexity index is 845. The van der Waals surface area contributed by atoms with Crippen LogP contribution in [0.4, 0.5) is 0 Å². The first-order chi connectivity index (χ1) is 16.7. The average molecular weight is 500 g/mol. The van der Waals surface area contributed by atoms with Crippen LogP contribution in [0.25, 0.3) is 0 Å². The second kappa shape index (κ2) is 17.2. The minimum atomic E-state index is 0.106. The highest BCUT2D eigenvalue weighted by molar-refractivity contribution is 6.30. The van der Waals surface area contributed by atoms with Gasteiger partial charge in [0, 0.05) is 11.1 Å². The number of hydrogen-bond donors (Lipinski definition) is 0. The van der Waals surface area contributed by atoms with Crippen LogP contribution in [0.2, 0.25) is 5.02 Å². The van der Waals surface area contributed by atoms with E-state index in [2.05, 4.69) is 82.0 Å². The number of carbonyl (C=O) groups is 2. The highest BCUT2D eigenvalue weighted by Gasteiger charge is 2.30. The van der Waals surface area contributed by atoms with Crippen molar-refractivity contribution in [3.63, 3.8) is 0 Å². The first-order valence-corrected chi connectivity index (χ1v) is 12.9. The monoisotopic (exact) mass is 499 g/mol. The summed E-state index contributed by atoms with van der Waals surface area (Å²) >= 11 is 6.11. The predicted molar refractivity (Wildman–Crippen MR) is 153 cm³/mol. The number of halogens is 1. The van der Waals surface area contributed by atoms with Crippen LogP contribution in [0.3, 0.4) is 0 Å². The van der Waals surface area contributed by atoms with E-state index in [0.29, 0.717) is 12.0 Å². The van der Waals surface area contributed by atoms with Gasteiger partial charge in [0.05, 0.1) is 0 Å². The molecule has 0 aromatic heterocycles. The van der Waals surface area contributed by atoms with Gasteiger partial charge >= 0.3 is 0 Å². The Morgan fingerprint density at radius 2 is 1.46 bits per heavy atom. The molecule has 1 saturated heterocycles. The summed E-state index contributed by atoms with van der Waals surface area (Å²) < 4.78 is 0. The van der Waals surface area contributed by atoms with Gasteiger partial charge in [-0.25, -0.2) is 0 Å². The number of piperidine rings is 1. The van der Waals surface area contributed by atoms with Gasteiger partial charge in [-0.3, -0.25) is 4.90 Å². The van der Waals surface area contributed by atoms with Gasteiger partial charge in [-0.15, -0.1) is 0 Å². The first kappa shape index (κ1) is 32.8. The first-order valence-electron chi connectivity index (χ1n) is 12.5. The highest BCUT2D eigenvalue weighted by atomic mass is 35.5.